The van der Waals surface area contributed by atoms with Crippen LogP contribution in [0.2, 0.25) is 5.02 Å². The first-order valence-electron chi connectivity index (χ1n) is 6.34. The largest absolute Gasteiger partial charge is 0.316 e. The van der Waals surface area contributed by atoms with Gasteiger partial charge in [-0.3, -0.25) is 0 Å². The molecular weight excluding hydrogens is 322 g/mol. The van der Waals surface area contributed by atoms with Gasteiger partial charge in [-0.15, -0.1) is 0 Å². The maximum absolute atomic E-state index is 6.03. The molecule has 0 saturated heterocycles. The van der Waals surface area contributed by atoms with Gasteiger partial charge in [-0.25, -0.2) is 0 Å². The first-order valence-corrected chi connectivity index (χ1v) is 7.51. The van der Waals surface area contributed by atoms with Crippen LogP contribution >= 0.6 is 27.5 Å². The summed E-state index contributed by atoms with van der Waals surface area (Å²) in [5.41, 5.74) is 2.59. The zero-order valence-corrected chi connectivity index (χ0v) is 13.2. The van der Waals surface area contributed by atoms with E-state index in [-0.39, 0.29) is 0 Å². The molecule has 2 rings (SSSR count). The fourth-order valence-corrected chi connectivity index (χ4v) is 2.81. The van der Waals surface area contributed by atoms with Gasteiger partial charge in [0.1, 0.15) is 0 Å². The van der Waals surface area contributed by atoms with Gasteiger partial charge in [0.15, 0.2) is 0 Å². The van der Waals surface area contributed by atoms with Gasteiger partial charge in [0.25, 0.3) is 0 Å². The molecule has 1 atom stereocenters. The molecule has 1 N–H and O–H groups in total. The van der Waals surface area contributed by atoms with Crippen molar-refractivity contribution in [1.82, 2.24) is 5.32 Å². The van der Waals surface area contributed by atoms with Crippen LogP contribution in [0.5, 0.6) is 0 Å². The molecule has 0 aromatic heterocycles. The van der Waals surface area contributed by atoms with Gasteiger partial charge in [-0.1, -0.05) is 57.9 Å². The van der Waals surface area contributed by atoms with Crippen molar-refractivity contribution in [2.75, 3.05) is 7.05 Å². The summed E-state index contributed by atoms with van der Waals surface area (Å²) in [7, 11) is 2.01. The Balaban J connectivity index is 2.07. The van der Waals surface area contributed by atoms with Crippen LogP contribution in [0.1, 0.15) is 11.1 Å². The Morgan fingerprint density at radius 2 is 1.89 bits per heavy atom. The van der Waals surface area contributed by atoms with Crippen molar-refractivity contribution in [2.24, 2.45) is 0 Å². The second-order valence-electron chi connectivity index (χ2n) is 4.62. The van der Waals surface area contributed by atoms with Crippen LogP contribution in [-0.2, 0) is 12.8 Å². The highest BCUT2D eigenvalue weighted by atomic mass is 79.9. The van der Waals surface area contributed by atoms with E-state index in [1.807, 2.05) is 31.3 Å². The number of halogens is 2. The highest BCUT2D eigenvalue weighted by Gasteiger charge is 2.10. The first-order chi connectivity index (χ1) is 9.19. The predicted molar refractivity (Wildman–Crippen MR) is 85.8 cm³/mol. The van der Waals surface area contributed by atoms with Crippen molar-refractivity contribution in [1.29, 1.82) is 0 Å². The molecule has 0 aliphatic rings. The minimum Gasteiger partial charge on any atom is -0.316 e. The maximum Gasteiger partial charge on any atom is 0.0408 e. The summed E-state index contributed by atoms with van der Waals surface area (Å²) in [5.74, 6) is 0. The van der Waals surface area contributed by atoms with Crippen molar-refractivity contribution in [2.45, 2.75) is 18.9 Å². The average molecular weight is 339 g/mol. The van der Waals surface area contributed by atoms with Crippen molar-refractivity contribution in [3.05, 3.63) is 69.2 Å². The molecule has 1 unspecified atom stereocenters. The van der Waals surface area contributed by atoms with Gasteiger partial charge in [-0.2, -0.15) is 0 Å². The summed E-state index contributed by atoms with van der Waals surface area (Å²) in [6.07, 6.45) is 1.96. The molecular formula is C16H17BrClN. The summed E-state index contributed by atoms with van der Waals surface area (Å²) in [5, 5.41) is 4.18. The number of likely N-dealkylation sites (N-methyl/N-ethyl adjacent to an activating group) is 1. The third-order valence-corrected chi connectivity index (χ3v) is 4.21. The van der Waals surface area contributed by atoms with E-state index in [4.69, 9.17) is 11.6 Å². The van der Waals surface area contributed by atoms with Gasteiger partial charge < -0.3 is 5.32 Å². The molecule has 2 aromatic rings. The van der Waals surface area contributed by atoms with Gasteiger partial charge in [0.2, 0.25) is 0 Å². The maximum atomic E-state index is 6.03. The van der Waals surface area contributed by atoms with Gasteiger partial charge in [0.05, 0.1) is 0 Å². The van der Waals surface area contributed by atoms with E-state index < -0.39 is 0 Å². The zero-order chi connectivity index (χ0) is 13.7. The molecule has 0 heterocycles. The van der Waals surface area contributed by atoms with Crippen molar-refractivity contribution in [3.63, 3.8) is 0 Å². The Hall–Kier alpha value is -0.830. The van der Waals surface area contributed by atoms with Crippen LogP contribution in [0.25, 0.3) is 0 Å². The van der Waals surface area contributed by atoms with Crippen LogP contribution in [0.3, 0.4) is 0 Å². The summed E-state index contributed by atoms with van der Waals surface area (Å²) in [6.45, 7) is 0. The molecule has 0 aliphatic heterocycles. The standard InChI is InChI=1S/C16H17BrClN/c1-19-15(10-12-5-4-7-14(18)9-12)11-13-6-2-3-8-16(13)17/h2-9,15,19H,10-11H2,1H3. The number of rotatable bonds is 5. The van der Waals surface area contributed by atoms with Crippen LogP contribution in [-0.4, -0.2) is 13.1 Å². The van der Waals surface area contributed by atoms with E-state index in [1.54, 1.807) is 0 Å². The summed E-state index contributed by atoms with van der Waals surface area (Å²) in [6, 6.07) is 16.8. The van der Waals surface area contributed by atoms with Crippen LogP contribution < -0.4 is 5.32 Å². The Labute approximate surface area is 128 Å². The molecule has 0 fully saturated rings. The minimum atomic E-state index is 0.400. The van der Waals surface area contributed by atoms with Crippen molar-refractivity contribution >= 4 is 27.5 Å². The van der Waals surface area contributed by atoms with E-state index in [0.29, 0.717) is 6.04 Å². The molecule has 2 aromatic carbocycles. The molecule has 19 heavy (non-hydrogen) atoms. The molecule has 100 valence electrons. The van der Waals surface area contributed by atoms with Crippen molar-refractivity contribution in [3.8, 4) is 0 Å². The second kappa shape index (κ2) is 7.09. The van der Waals surface area contributed by atoms with E-state index in [0.717, 1.165) is 17.9 Å². The van der Waals surface area contributed by atoms with E-state index >= 15 is 0 Å². The van der Waals surface area contributed by atoms with Crippen LogP contribution in [0.15, 0.2) is 53.0 Å². The van der Waals surface area contributed by atoms with E-state index in [2.05, 4.69) is 45.5 Å². The summed E-state index contributed by atoms with van der Waals surface area (Å²) >= 11 is 9.63. The van der Waals surface area contributed by atoms with Gasteiger partial charge in [0, 0.05) is 15.5 Å². The Kier molecular flexibility index (Phi) is 5.44. The monoisotopic (exact) mass is 337 g/mol. The number of benzene rings is 2. The lowest BCUT2D eigenvalue weighted by Crippen LogP contribution is -2.30. The molecule has 0 saturated carbocycles. The fourth-order valence-electron chi connectivity index (χ4n) is 2.15. The Bertz CT molecular complexity index is 542. The third kappa shape index (κ3) is 4.34. The third-order valence-electron chi connectivity index (χ3n) is 3.20. The highest BCUT2D eigenvalue weighted by Crippen LogP contribution is 2.19. The van der Waals surface area contributed by atoms with Crippen molar-refractivity contribution < 1.29 is 0 Å². The smallest absolute Gasteiger partial charge is 0.0408 e. The number of hydrogen-bond acceptors (Lipinski definition) is 1. The Morgan fingerprint density at radius 3 is 2.58 bits per heavy atom. The lowest BCUT2D eigenvalue weighted by Gasteiger charge is -2.17. The Morgan fingerprint density at radius 1 is 1.11 bits per heavy atom. The normalized spacial score (nSPS) is 12.4. The SMILES string of the molecule is CNC(Cc1cccc(Cl)c1)Cc1ccccc1Br. The second-order valence-corrected chi connectivity index (χ2v) is 5.91. The van der Waals surface area contributed by atoms with E-state index in [9.17, 15) is 0 Å². The summed E-state index contributed by atoms with van der Waals surface area (Å²) < 4.78 is 1.17. The molecule has 0 bridgehead atoms. The fraction of sp³-hybridized carbons (Fsp3) is 0.250. The number of hydrogen-bond donors (Lipinski definition) is 1. The zero-order valence-electron chi connectivity index (χ0n) is 10.9. The molecule has 1 nitrogen and oxygen atoms in total. The topological polar surface area (TPSA) is 12.0 Å². The van der Waals surface area contributed by atoms with Gasteiger partial charge in [-0.05, 0) is 49.2 Å². The van der Waals surface area contributed by atoms with Crippen LogP contribution in [0, 0.1) is 0 Å². The number of nitrogens with one attached hydrogen (secondary N) is 1. The molecule has 0 spiro atoms. The van der Waals surface area contributed by atoms with E-state index in [1.165, 1.54) is 15.6 Å². The lowest BCUT2D eigenvalue weighted by molar-refractivity contribution is 0.555. The minimum absolute atomic E-state index is 0.400. The first kappa shape index (κ1) is 14.6. The predicted octanol–water partition coefficient (Wildman–Crippen LogP) is 4.48. The van der Waals surface area contributed by atoms with Crippen LogP contribution in [0.4, 0.5) is 0 Å². The molecule has 0 aliphatic carbocycles. The lowest BCUT2D eigenvalue weighted by atomic mass is 9.99. The average Bonchev–Trinajstić information content (AvgIpc) is 2.40. The molecule has 0 radical (unpaired) electrons. The molecule has 3 heteroatoms. The quantitative estimate of drug-likeness (QED) is 0.848. The van der Waals surface area contributed by atoms with Gasteiger partial charge >= 0.3 is 0 Å². The summed E-state index contributed by atoms with van der Waals surface area (Å²) in [4.78, 5) is 0. The molecule has 0 amide bonds. The highest BCUT2D eigenvalue weighted by molar-refractivity contribution is 9.10.